The largest absolute Gasteiger partial charge is 0.507 e. The number of rotatable bonds is 8. The molecule has 8 aromatic rings. The molecule has 59 heavy (non-hydrogen) atoms. The first-order valence-corrected chi connectivity index (χ1v) is 19.2. The van der Waals surface area contributed by atoms with Crippen molar-refractivity contribution in [3.8, 4) is 67.5 Å². The van der Waals surface area contributed by atoms with Crippen molar-refractivity contribution in [2.24, 2.45) is 0 Å². The summed E-state index contributed by atoms with van der Waals surface area (Å²) in [6, 6.07) is 25.6. The number of imidazole rings is 1. The van der Waals surface area contributed by atoms with Crippen LogP contribution < -0.4 is 0 Å². The monoisotopic (exact) mass is 967 g/mol. The minimum atomic E-state index is -3.00. The summed E-state index contributed by atoms with van der Waals surface area (Å²) in [6.07, 6.45) is -0.638. The van der Waals surface area contributed by atoms with Crippen molar-refractivity contribution in [1.82, 2.24) is 14.5 Å². The molecule has 0 bridgehead atoms. The molecule has 0 unspecified atom stereocenters. The van der Waals surface area contributed by atoms with Crippen LogP contribution in [0.2, 0.25) is 0 Å². The van der Waals surface area contributed by atoms with Crippen LogP contribution >= 0.6 is 0 Å². The molecule has 6 aromatic carbocycles. The van der Waals surface area contributed by atoms with Crippen molar-refractivity contribution in [3.05, 3.63) is 167 Å². The second kappa shape index (κ2) is 16.6. The summed E-state index contributed by atoms with van der Waals surface area (Å²) in [5.74, 6) is -0.848. The topological polar surface area (TPSA) is 50.9 Å². The van der Waals surface area contributed by atoms with Crippen LogP contribution in [0.15, 0.2) is 133 Å². The molecule has 0 amide bonds. The Labute approximate surface area is 384 Å². The SMILES string of the molecule is [2H]c1nc(-c2[c-]c(-c3cccc4c3nc(-c3ccccc3O)n4-c3ccc(-c4c(C(C)C)cccc4C([2H])(C)C)cc3C([2H])([2H])[2H])cc(C(C)(C)C)c2)c([2H])c(-c2c([2H])c([2H])c(C([2H])([2H])[2H])c([2H])c2[2H])c1[2H].[Pt]. The third-order valence-electron chi connectivity index (χ3n) is 10.4. The van der Waals surface area contributed by atoms with E-state index >= 15 is 0 Å². The number of para-hydroxylation sites is 2. The maximum absolute atomic E-state index is 11.4. The van der Waals surface area contributed by atoms with E-state index in [4.69, 9.17) is 22.8 Å². The molecule has 2 aromatic heterocycles. The van der Waals surface area contributed by atoms with E-state index in [9.17, 15) is 6.48 Å². The van der Waals surface area contributed by atoms with E-state index in [0.29, 0.717) is 33.3 Å². The van der Waals surface area contributed by atoms with Gasteiger partial charge in [0.15, 0.2) is 0 Å². The van der Waals surface area contributed by atoms with Gasteiger partial charge >= 0.3 is 0 Å². The van der Waals surface area contributed by atoms with Gasteiger partial charge in [0.1, 0.15) is 11.6 Å². The Morgan fingerprint density at radius 1 is 0.763 bits per heavy atom. The molecule has 2 heterocycles. The van der Waals surface area contributed by atoms with Gasteiger partial charge < -0.3 is 5.11 Å². The zero-order chi connectivity index (χ0) is 52.9. The zero-order valence-electron chi connectivity index (χ0n) is 47.8. The number of hydrogen-bond donors (Lipinski definition) is 1. The van der Waals surface area contributed by atoms with Crippen molar-refractivity contribution in [3.63, 3.8) is 0 Å². The van der Waals surface area contributed by atoms with Crippen LogP contribution in [-0.2, 0) is 26.5 Å². The molecule has 0 aliphatic carbocycles. The minimum absolute atomic E-state index is 0. The van der Waals surface area contributed by atoms with Crippen LogP contribution in [0, 0.1) is 19.8 Å². The standard InChI is InChI=1S/C54H52N3O.Pt/c1-33(2)43-15-12-16-44(34(3)4)51(43)39-24-25-48(36(6)28-39)57-49-18-13-17-45(52(49)56-53(57)46-14-10-11-19-50(46)58)40-29-41(31-42(30-40)54(7,8)9)47-32-38(26-27-55-47)37-22-20-35(5)21-23-37;/h10-28,30-34,58H,1-9H3;/q-1;/i5D3,6D3,20D,21D,22D,23D,26D,27D,32D,33D;. The van der Waals surface area contributed by atoms with Crippen LogP contribution in [0.3, 0.4) is 0 Å². The summed E-state index contributed by atoms with van der Waals surface area (Å²) in [5, 5.41) is 11.4. The second-order valence-electron chi connectivity index (χ2n) is 16.0. The molecule has 0 radical (unpaired) electrons. The van der Waals surface area contributed by atoms with Gasteiger partial charge in [0.2, 0.25) is 0 Å². The third kappa shape index (κ3) is 8.08. The molecule has 4 nitrogen and oxygen atoms in total. The van der Waals surface area contributed by atoms with Gasteiger partial charge in [-0.25, -0.2) is 4.98 Å². The van der Waals surface area contributed by atoms with Crippen molar-refractivity contribution < 1.29 is 45.4 Å². The second-order valence-corrected chi connectivity index (χ2v) is 16.0. The summed E-state index contributed by atoms with van der Waals surface area (Å²) in [5.41, 5.74) is 3.91. The number of benzene rings is 6. The van der Waals surface area contributed by atoms with Crippen LogP contribution in [0.5, 0.6) is 5.75 Å². The van der Waals surface area contributed by atoms with Crippen LogP contribution in [0.25, 0.3) is 72.7 Å². The molecule has 0 aliphatic heterocycles. The number of phenolic OH excluding ortho intramolecular Hbond substituents is 1. The molecule has 0 fully saturated rings. The van der Waals surface area contributed by atoms with E-state index in [0.717, 1.165) is 22.3 Å². The predicted molar refractivity (Wildman–Crippen MR) is 243 cm³/mol. The molecular formula is C54H52N3OPt-. The fourth-order valence-corrected chi connectivity index (χ4v) is 7.36. The number of aromatic nitrogens is 3. The van der Waals surface area contributed by atoms with Crippen molar-refractivity contribution in [2.45, 2.75) is 79.4 Å². The zero-order valence-corrected chi connectivity index (χ0v) is 36.1. The van der Waals surface area contributed by atoms with Crippen LogP contribution in [0.1, 0.15) is 107 Å². The Morgan fingerprint density at radius 3 is 2.20 bits per heavy atom. The first-order valence-electron chi connectivity index (χ1n) is 26.2. The number of nitrogens with zero attached hydrogens (tertiary/aromatic N) is 3. The molecule has 5 heteroatoms. The van der Waals surface area contributed by atoms with Gasteiger partial charge in [-0.3, -0.25) is 9.55 Å². The number of pyridine rings is 1. The number of hydrogen-bond acceptors (Lipinski definition) is 3. The summed E-state index contributed by atoms with van der Waals surface area (Å²) in [7, 11) is 0. The van der Waals surface area contributed by atoms with Gasteiger partial charge in [-0.15, -0.1) is 29.3 Å². The van der Waals surface area contributed by atoms with Crippen LogP contribution in [-0.4, -0.2) is 19.6 Å². The Balaban J connectivity index is 0.00000780. The number of aryl methyl sites for hydroxylation is 1. The van der Waals surface area contributed by atoms with Crippen LogP contribution in [0.4, 0.5) is 0 Å². The Hall–Kier alpha value is -5.57. The first kappa shape index (κ1) is 27.2. The maximum atomic E-state index is 11.4. The average Bonchev–Trinajstić information content (AvgIpc) is 3.68. The predicted octanol–water partition coefficient (Wildman–Crippen LogP) is 14.4. The minimum Gasteiger partial charge on any atom is -0.507 e. The van der Waals surface area contributed by atoms with Gasteiger partial charge in [-0.05, 0) is 106 Å². The van der Waals surface area contributed by atoms with E-state index in [2.05, 4.69) is 24.9 Å². The van der Waals surface area contributed by atoms with Gasteiger partial charge in [-0.1, -0.05) is 144 Å². The van der Waals surface area contributed by atoms with E-state index < -0.39 is 84.1 Å². The summed E-state index contributed by atoms with van der Waals surface area (Å²) in [4.78, 5) is 9.54. The Morgan fingerprint density at radius 2 is 1.49 bits per heavy atom. The molecule has 0 saturated carbocycles. The van der Waals surface area contributed by atoms with Gasteiger partial charge in [0.25, 0.3) is 0 Å². The maximum Gasteiger partial charge on any atom is 0.148 e. The van der Waals surface area contributed by atoms with E-state index in [1.165, 1.54) is 6.07 Å². The first-order chi connectivity index (χ1) is 33.4. The quantitative estimate of drug-likeness (QED) is 0.154. The number of fused-ring (bicyclic) bond motifs is 1. The Kier molecular flexibility index (Phi) is 7.66. The molecule has 0 aliphatic rings. The summed E-state index contributed by atoms with van der Waals surface area (Å²) < 4.78 is 123. The molecule has 0 spiro atoms. The molecule has 1 N–H and O–H groups in total. The van der Waals surface area contributed by atoms with Crippen molar-refractivity contribution in [2.75, 3.05) is 0 Å². The van der Waals surface area contributed by atoms with Crippen molar-refractivity contribution in [1.29, 1.82) is 0 Å². The molecule has 300 valence electrons. The van der Waals surface area contributed by atoms with Crippen molar-refractivity contribution >= 4 is 11.0 Å². The smallest absolute Gasteiger partial charge is 0.148 e. The molecule has 0 saturated heterocycles. The fourth-order valence-electron chi connectivity index (χ4n) is 7.36. The van der Waals surface area contributed by atoms with Gasteiger partial charge in [0, 0.05) is 42.5 Å². The van der Waals surface area contributed by atoms with Gasteiger partial charge in [0.05, 0.1) is 31.9 Å². The fraction of sp³-hybridized carbons (Fsp3) is 0.222. The normalized spacial score (nSPS) is 15.7. The Bertz CT molecular complexity index is 3460. The number of aromatic hydroxyl groups is 1. The molecule has 0 atom stereocenters. The van der Waals surface area contributed by atoms with E-state index in [-0.39, 0.29) is 61.1 Å². The molecule has 8 rings (SSSR count). The van der Waals surface area contributed by atoms with E-state index in [1.807, 2.05) is 51.1 Å². The average molecular weight is 968 g/mol. The van der Waals surface area contributed by atoms with E-state index in [1.54, 1.807) is 73.0 Å². The number of phenols is 1. The van der Waals surface area contributed by atoms with Gasteiger partial charge in [-0.2, -0.15) is 0 Å². The summed E-state index contributed by atoms with van der Waals surface area (Å²) in [6.45, 7) is 7.95. The third-order valence-corrected chi connectivity index (χ3v) is 10.4. The summed E-state index contributed by atoms with van der Waals surface area (Å²) >= 11 is 0. The molecular weight excluding hydrogens is 902 g/mol.